The lowest BCUT2D eigenvalue weighted by atomic mass is 10.0. The fraction of sp³-hybridized carbons (Fsp3) is 0.500. The number of aromatic nitrogens is 1. The smallest absolute Gasteiger partial charge is 0.410 e. The Balaban J connectivity index is 1.54. The Bertz CT molecular complexity index is 1060. The van der Waals surface area contributed by atoms with Crippen molar-refractivity contribution in [2.24, 2.45) is 0 Å². The number of amides is 1. The van der Waals surface area contributed by atoms with Crippen LogP contribution < -0.4 is 0 Å². The van der Waals surface area contributed by atoms with Crippen LogP contribution in [-0.2, 0) is 27.2 Å². The Morgan fingerprint density at radius 3 is 2.57 bits per heavy atom. The number of nitrogens with zero attached hydrogens (tertiary/aromatic N) is 2. The summed E-state index contributed by atoms with van der Waals surface area (Å²) in [4.78, 5) is 19.6. The van der Waals surface area contributed by atoms with Gasteiger partial charge in [-0.15, -0.1) is 11.3 Å². The van der Waals surface area contributed by atoms with Crippen molar-refractivity contribution in [1.82, 2.24) is 9.88 Å². The molecule has 0 aliphatic carbocycles. The first kappa shape index (κ1) is 25.6. The summed E-state index contributed by atoms with van der Waals surface area (Å²) in [5.41, 5.74) is 4.96. The van der Waals surface area contributed by atoms with Gasteiger partial charge < -0.3 is 14.2 Å². The van der Waals surface area contributed by atoms with E-state index >= 15 is 0 Å². The number of hydrogen-bond acceptors (Lipinski definition) is 6. The fourth-order valence-corrected chi connectivity index (χ4v) is 5.14. The molecule has 0 bridgehead atoms. The van der Waals surface area contributed by atoms with Gasteiger partial charge in [0.2, 0.25) is 0 Å². The van der Waals surface area contributed by atoms with Crippen LogP contribution >= 0.6 is 11.3 Å². The number of likely N-dealkylation sites (tertiary alicyclic amines) is 1. The molecule has 0 radical (unpaired) electrons. The average Bonchev–Trinajstić information content (AvgIpc) is 3.48. The Kier molecular flexibility index (Phi) is 9.51. The van der Waals surface area contributed by atoms with Crippen LogP contribution in [0.2, 0.25) is 0 Å². The van der Waals surface area contributed by atoms with Gasteiger partial charge in [-0.1, -0.05) is 63.1 Å². The average molecular weight is 497 g/mol. The summed E-state index contributed by atoms with van der Waals surface area (Å²) in [6.07, 6.45) is 4.06. The van der Waals surface area contributed by atoms with E-state index in [-0.39, 0.29) is 30.9 Å². The zero-order valence-electron chi connectivity index (χ0n) is 20.7. The summed E-state index contributed by atoms with van der Waals surface area (Å²) >= 11 is 1.63. The lowest BCUT2D eigenvalue weighted by Crippen LogP contribution is -2.43. The molecule has 4 rings (SSSR count). The lowest BCUT2D eigenvalue weighted by Gasteiger charge is -2.28. The Morgan fingerprint density at radius 2 is 1.80 bits per heavy atom. The summed E-state index contributed by atoms with van der Waals surface area (Å²) < 4.78 is 19.6. The third-order valence-electron chi connectivity index (χ3n) is 6.44. The number of carbonyl (C=O) groups excluding carboxylic acids is 1. The van der Waals surface area contributed by atoms with E-state index in [1.165, 1.54) is 0 Å². The molecule has 3 atom stereocenters. The number of rotatable bonds is 12. The molecule has 1 aromatic heterocycles. The molecular formula is C28H36N2O4S. The molecule has 1 aliphatic rings. The Labute approximate surface area is 212 Å². The summed E-state index contributed by atoms with van der Waals surface area (Å²) in [5, 5.41) is 0. The van der Waals surface area contributed by atoms with E-state index in [1.54, 1.807) is 11.3 Å². The first-order chi connectivity index (χ1) is 17.2. The van der Waals surface area contributed by atoms with Crippen LogP contribution in [0.25, 0.3) is 10.2 Å². The van der Waals surface area contributed by atoms with Crippen molar-refractivity contribution in [3.63, 3.8) is 0 Å². The quantitative estimate of drug-likeness (QED) is 0.278. The summed E-state index contributed by atoms with van der Waals surface area (Å²) in [7, 11) is 0. The van der Waals surface area contributed by atoms with Crippen LogP contribution in [0.4, 0.5) is 4.79 Å². The van der Waals surface area contributed by atoms with Crippen molar-refractivity contribution in [2.75, 3.05) is 19.8 Å². The van der Waals surface area contributed by atoms with E-state index in [2.05, 4.69) is 37.0 Å². The molecule has 1 amide bonds. The van der Waals surface area contributed by atoms with Crippen molar-refractivity contribution < 1.29 is 19.0 Å². The van der Waals surface area contributed by atoms with E-state index in [0.717, 1.165) is 47.0 Å². The van der Waals surface area contributed by atoms with Gasteiger partial charge in [0.1, 0.15) is 18.8 Å². The van der Waals surface area contributed by atoms with Gasteiger partial charge in [0, 0.05) is 13.2 Å². The maximum absolute atomic E-state index is 13.3. The molecule has 35 heavy (non-hydrogen) atoms. The molecule has 0 N–H and O–H groups in total. The molecule has 2 aromatic carbocycles. The van der Waals surface area contributed by atoms with Crippen molar-refractivity contribution in [3.05, 3.63) is 65.2 Å². The Morgan fingerprint density at radius 1 is 1.03 bits per heavy atom. The number of carbonyl (C=O) groups is 1. The number of ether oxygens (including phenoxy) is 3. The highest BCUT2D eigenvalue weighted by Gasteiger charge is 2.46. The van der Waals surface area contributed by atoms with Gasteiger partial charge in [0.25, 0.3) is 0 Å². The van der Waals surface area contributed by atoms with E-state index < -0.39 is 0 Å². The number of thiazole rings is 1. The van der Waals surface area contributed by atoms with E-state index in [1.807, 2.05) is 40.7 Å². The molecule has 6 nitrogen and oxygen atoms in total. The monoisotopic (exact) mass is 496 g/mol. The second-order valence-corrected chi connectivity index (χ2v) is 9.96. The third kappa shape index (κ3) is 6.81. The maximum atomic E-state index is 13.3. The standard InChI is InChI=1S/C28H36N2O4S/c1-3-5-14-32-25-18-30(28(31)34-19-21-10-8-7-9-11-21)24(27(25)33-15-6-4-2)17-22-12-13-26-23(16-22)29-20-35-26/h7-13,16,20,24-25,27H,3-6,14-15,17-19H2,1-2H3/t24-,25+,27+/m1/s1. The molecule has 2 heterocycles. The highest BCUT2D eigenvalue weighted by Crippen LogP contribution is 2.30. The molecule has 0 unspecified atom stereocenters. The lowest BCUT2D eigenvalue weighted by molar-refractivity contribution is -0.0595. The van der Waals surface area contributed by atoms with E-state index in [4.69, 9.17) is 14.2 Å². The van der Waals surface area contributed by atoms with Crippen LogP contribution in [0.15, 0.2) is 54.0 Å². The molecule has 3 aromatic rings. The molecular weight excluding hydrogens is 460 g/mol. The van der Waals surface area contributed by atoms with Gasteiger partial charge in [-0.3, -0.25) is 4.90 Å². The zero-order chi connectivity index (χ0) is 24.5. The number of fused-ring (bicyclic) bond motifs is 1. The predicted molar refractivity (Wildman–Crippen MR) is 140 cm³/mol. The normalized spacial score (nSPS) is 19.9. The van der Waals surface area contributed by atoms with Gasteiger partial charge >= 0.3 is 6.09 Å². The molecule has 0 saturated carbocycles. The minimum Gasteiger partial charge on any atom is -0.445 e. The minimum atomic E-state index is -0.320. The van der Waals surface area contributed by atoms with E-state index in [0.29, 0.717) is 26.2 Å². The van der Waals surface area contributed by atoms with Crippen molar-refractivity contribution in [3.8, 4) is 0 Å². The van der Waals surface area contributed by atoms with Crippen LogP contribution in [0.5, 0.6) is 0 Å². The minimum absolute atomic E-state index is 0.169. The fourth-order valence-electron chi connectivity index (χ4n) is 4.48. The highest BCUT2D eigenvalue weighted by atomic mass is 32.1. The zero-order valence-corrected chi connectivity index (χ0v) is 21.5. The largest absolute Gasteiger partial charge is 0.445 e. The molecule has 1 saturated heterocycles. The van der Waals surface area contributed by atoms with Gasteiger partial charge in [-0.25, -0.2) is 9.78 Å². The van der Waals surface area contributed by atoms with Crippen molar-refractivity contribution in [2.45, 2.75) is 70.8 Å². The van der Waals surface area contributed by atoms with Crippen molar-refractivity contribution >= 4 is 27.6 Å². The van der Waals surface area contributed by atoms with E-state index in [9.17, 15) is 4.79 Å². The first-order valence-electron chi connectivity index (χ1n) is 12.7. The van der Waals surface area contributed by atoms with Gasteiger partial charge in [0.15, 0.2) is 0 Å². The van der Waals surface area contributed by atoms with Gasteiger partial charge in [0.05, 0.1) is 28.3 Å². The summed E-state index contributed by atoms with van der Waals surface area (Å²) in [6, 6.07) is 16.0. The second-order valence-electron chi connectivity index (χ2n) is 9.07. The van der Waals surface area contributed by atoms with Crippen LogP contribution in [0, 0.1) is 0 Å². The molecule has 1 fully saturated rings. The second kappa shape index (κ2) is 13.0. The third-order valence-corrected chi connectivity index (χ3v) is 7.25. The van der Waals surface area contributed by atoms with Crippen LogP contribution in [0.3, 0.4) is 0 Å². The first-order valence-corrected chi connectivity index (χ1v) is 13.6. The SMILES string of the molecule is CCCCO[C@@H]1[C@@H](OCCCC)CN(C(=O)OCc2ccccc2)[C@@H]1Cc1ccc2scnc2c1. The number of hydrogen-bond donors (Lipinski definition) is 0. The van der Waals surface area contributed by atoms with Crippen LogP contribution in [-0.4, -0.2) is 54.0 Å². The van der Waals surface area contributed by atoms with Gasteiger partial charge in [-0.2, -0.15) is 0 Å². The Hall–Kier alpha value is -2.48. The highest BCUT2D eigenvalue weighted by molar-refractivity contribution is 7.16. The maximum Gasteiger partial charge on any atom is 0.410 e. The summed E-state index contributed by atoms with van der Waals surface area (Å²) in [5.74, 6) is 0. The predicted octanol–water partition coefficient (Wildman–Crippen LogP) is 6.23. The molecule has 1 aliphatic heterocycles. The van der Waals surface area contributed by atoms with Crippen molar-refractivity contribution in [1.29, 1.82) is 0 Å². The summed E-state index contributed by atoms with van der Waals surface area (Å²) in [6.45, 7) is 6.34. The molecule has 188 valence electrons. The van der Waals surface area contributed by atoms with Gasteiger partial charge in [-0.05, 0) is 42.5 Å². The molecule has 7 heteroatoms. The van der Waals surface area contributed by atoms with Crippen LogP contribution in [0.1, 0.15) is 50.7 Å². The number of unbranched alkanes of at least 4 members (excludes halogenated alkanes) is 2. The topological polar surface area (TPSA) is 60.9 Å². The molecule has 0 spiro atoms. The number of benzene rings is 2.